The second kappa shape index (κ2) is 6.91. The highest BCUT2D eigenvalue weighted by atomic mass is 16.4. The first-order valence-electron chi connectivity index (χ1n) is 7.93. The Kier molecular flexibility index (Phi) is 5.20. The van der Waals surface area contributed by atoms with Crippen molar-refractivity contribution < 1.29 is 9.21 Å². The Labute approximate surface area is 126 Å². The summed E-state index contributed by atoms with van der Waals surface area (Å²) >= 11 is 0. The maximum atomic E-state index is 12.4. The van der Waals surface area contributed by atoms with Crippen LogP contribution >= 0.6 is 0 Å². The maximum Gasteiger partial charge on any atom is 0.318 e. The maximum absolute atomic E-state index is 12.4. The Morgan fingerprint density at radius 1 is 1.14 bits per heavy atom. The fourth-order valence-corrected chi connectivity index (χ4v) is 2.60. The predicted molar refractivity (Wildman–Crippen MR) is 81.3 cm³/mol. The van der Waals surface area contributed by atoms with Gasteiger partial charge in [0.1, 0.15) is 0 Å². The average Bonchev–Trinajstić information content (AvgIpc) is 2.98. The SMILES string of the molecule is CCC(CC)C(=O)N1CCN(c2nnc(C(C)C)o2)CC1. The van der Waals surface area contributed by atoms with Crippen LogP contribution in [0, 0.1) is 5.92 Å². The number of anilines is 1. The fourth-order valence-electron chi connectivity index (χ4n) is 2.60. The van der Waals surface area contributed by atoms with E-state index in [4.69, 9.17) is 4.42 Å². The van der Waals surface area contributed by atoms with Gasteiger partial charge in [-0.3, -0.25) is 4.79 Å². The Bertz CT molecular complexity index is 460. The fraction of sp³-hybridized carbons (Fsp3) is 0.800. The number of aromatic nitrogens is 2. The molecule has 0 aromatic carbocycles. The van der Waals surface area contributed by atoms with Crippen LogP contribution in [-0.4, -0.2) is 47.2 Å². The van der Waals surface area contributed by atoms with Crippen molar-refractivity contribution in [3.8, 4) is 0 Å². The summed E-state index contributed by atoms with van der Waals surface area (Å²) in [6, 6.07) is 0.577. The number of nitrogens with zero attached hydrogens (tertiary/aromatic N) is 4. The number of amides is 1. The molecule has 1 aliphatic heterocycles. The van der Waals surface area contributed by atoms with Crippen molar-refractivity contribution in [1.29, 1.82) is 0 Å². The van der Waals surface area contributed by atoms with Gasteiger partial charge in [-0.25, -0.2) is 0 Å². The zero-order chi connectivity index (χ0) is 15.4. The molecule has 0 bridgehead atoms. The molecule has 0 radical (unpaired) electrons. The van der Waals surface area contributed by atoms with Crippen LogP contribution in [0.2, 0.25) is 0 Å². The Morgan fingerprint density at radius 3 is 2.24 bits per heavy atom. The van der Waals surface area contributed by atoms with E-state index in [0.717, 1.165) is 39.0 Å². The predicted octanol–water partition coefficient (Wildman–Crippen LogP) is 2.28. The summed E-state index contributed by atoms with van der Waals surface area (Å²) in [5, 5.41) is 8.17. The highest BCUT2D eigenvalue weighted by molar-refractivity contribution is 5.79. The molecule has 1 aliphatic rings. The van der Waals surface area contributed by atoms with E-state index in [1.807, 2.05) is 18.7 Å². The largest absolute Gasteiger partial charge is 0.408 e. The van der Waals surface area contributed by atoms with Gasteiger partial charge in [0, 0.05) is 38.0 Å². The van der Waals surface area contributed by atoms with Gasteiger partial charge in [0.05, 0.1) is 0 Å². The minimum atomic E-state index is 0.160. The van der Waals surface area contributed by atoms with E-state index >= 15 is 0 Å². The summed E-state index contributed by atoms with van der Waals surface area (Å²) in [5.41, 5.74) is 0. The van der Waals surface area contributed by atoms with E-state index in [9.17, 15) is 4.79 Å². The lowest BCUT2D eigenvalue weighted by Crippen LogP contribution is -2.50. The summed E-state index contributed by atoms with van der Waals surface area (Å²) in [6.07, 6.45) is 1.83. The molecule has 1 saturated heterocycles. The molecule has 2 rings (SSSR count). The second-order valence-electron chi connectivity index (χ2n) is 5.90. The second-order valence-corrected chi connectivity index (χ2v) is 5.90. The van der Waals surface area contributed by atoms with Crippen LogP contribution in [-0.2, 0) is 4.79 Å². The van der Waals surface area contributed by atoms with Gasteiger partial charge < -0.3 is 14.2 Å². The van der Waals surface area contributed by atoms with Crippen molar-refractivity contribution in [1.82, 2.24) is 15.1 Å². The normalized spacial score (nSPS) is 16.1. The zero-order valence-corrected chi connectivity index (χ0v) is 13.5. The molecule has 0 aliphatic carbocycles. The standard InChI is InChI=1S/C15H26N4O2/c1-5-12(6-2)14(20)18-7-9-19(10-8-18)15-17-16-13(21-15)11(3)4/h11-12H,5-10H2,1-4H3. The Morgan fingerprint density at radius 2 is 1.76 bits per heavy atom. The van der Waals surface area contributed by atoms with Crippen molar-refractivity contribution in [3.63, 3.8) is 0 Å². The number of hydrogen-bond donors (Lipinski definition) is 0. The van der Waals surface area contributed by atoms with Gasteiger partial charge in [-0.2, -0.15) is 0 Å². The molecular formula is C15H26N4O2. The highest BCUT2D eigenvalue weighted by Gasteiger charge is 2.27. The third-order valence-electron chi connectivity index (χ3n) is 4.12. The van der Waals surface area contributed by atoms with Crippen molar-refractivity contribution in [2.45, 2.75) is 46.5 Å². The van der Waals surface area contributed by atoms with Gasteiger partial charge in [-0.1, -0.05) is 32.8 Å². The van der Waals surface area contributed by atoms with E-state index in [1.54, 1.807) is 0 Å². The minimum Gasteiger partial charge on any atom is -0.408 e. The molecule has 0 saturated carbocycles. The first-order valence-corrected chi connectivity index (χ1v) is 7.93. The smallest absolute Gasteiger partial charge is 0.318 e. The first kappa shape index (κ1) is 15.8. The van der Waals surface area contributed by atoms with Crippen molar-refractivity contribution in [2.75, 3.05) is 31.1 Å². The molecule has 0 N–H and O–H groups in total. The number of hydrogen-bond acceptors (Lipinski definition) is 5. The lowest BCUT2D eigenvalue weighted by molar-refractivity contribution is -0.136. The summed E-state index contributed by atoms with van der Waals surface area (Å²) in [7, 11) is 0. The van der Waals surface area contributed by atoms with Gasteiger partial charge in [0.25, 0.3) is 0 Å². The van der Waals surface area contributed by atoms with E-state index in [0.29, 0.717) is 11.9 Å². The molecule has 6 heteroatoms. The Hall–Kier alpha value is -1.59. The topological polar surface area (TPSA) is 62.5 Å². The number of piperazine rings is 1. The molecular weight excluding hydrogens is 268 g/mol. The summed E-state index contributed by atoms with van der Waals surface area (Å²) in [5.74, 6) is 1.35. The van der Waals surface area contributed by atoms with Crippen LogP contribution in [0.1, 0.15) is 52.3 Å². The zero-order valence-electron chi connectivity index (χ0n) is 13.5. The van der Waals surface area contributed by atoms with Crippen LogP contribution in [0.15, 0.2) is 4.42 Å². The van der Waals surface area contributed by atoms with Gasteiger partial charge in [-0.15, -0.1) is 5.10 Å². The third-order valence-corrected chi connectivity index (χ3v) is 4.12. The van der Waals surface area contributed by atoms with Gasteiger partial charge in [0.2, 0.25) is 11.8 Å². The Balaban J connectivity index is 1.92. The molecule has 6 nitrogen and oxygen atoms in total. The summed E-state index contributed by atoms with van der Waals surface area (Å²) in [4.78, 5) is 16.4. The molecule has 0 unspecified atom stereocenters. The van der Waals surface area contributed by atoms with Crippen molar-refractivity contribution in [3.05, 3.63) is 5.89 Å². The monoisotopic (exact) mass is 294 g/mol. The quantitative estimate of drug-likeness (QED) is 0.833. The molecule has 21 heavy (non-hydrogen) atoms. The summed E-state index contributed by atoms with van der Waals surface area (Å²) < 4.78 is 5.67. The number of carbonyl (C=O) groups excluding carboxylic acids is 1. The van der Waals surface area contributed by atoms with Crippen LogP contribution < -0.4 is 4.90 Å². The number of rotatable bonds is 5. The van der Waals surface area contributed by atoms with Crippen LogP contribution in [0.5, 0.6) is 0 Å². The summed E-state index contributed by atoms with van der Waals surface area (Å²) in [6.45, 7) is 11.2. The lowest BCUT2D eigenvalue weighted by atomic mass is 10.0. The molecule has 0 spiro atoms. The van der Waals surface area contributed by atoms with E-state index in [2.05, 4.69) is 28.9 Å². The minimum absolute atomic E-state index is 0.160. The highest BCUT2D eigenvalue weighted by Crippen LogP contribution is 2.20. The molecule has 1 amide bonds. The van der Waals surface area contributed by atoms with Crippen LogP contribution in [0.3, 0.4) is 0 Å². The first-order chi connectivity index (χ1) is 10.1. The average molecular weight is 294 g/mol. The molecule has 2 heterocycles. The van der Waals surface area contributed by atoms with Gasteiger partial charge in [-0.05, 0) is 12.8 Å². The van der Waals surface area contributed by atoms with Crippen molar-refractivity contribution >= 4 is 11.9 Å². The molecule has 1 aromatic rings. The van der Waals surface area contributed by atoms with Crippen LogP contribution in [0.4, 0.5) is 6.01 Å². The molecule has 118 valence electrons. The van der Waals surface area contributed by atoms with Gasteiger partial charge >= 0.3 is 6.01 Å². The molecule has 0 atom stereocenters. The van der Waals surface area contributed by atoms with E-state index < -0.39 is 0 Å². The van der Waals surface area contributed by atoms with E-state index in [1.165, 1.54) is 0 Å². The van der Waals surface area contributed by atoms with Gasteiger partial charge in [0.15, 0.2) is 0 Å². The molecule has 1 fully saturated rings. The number of carbonyl (C=O) groups is 1. The van der Waals surface area contributed by atoms with Crippen LogP contribution in [0.25, 0.3) is 0 Å². The molecule has 1 aromatic heterocycles. The van der Waals surface area contributed by atoms with E-state index in [-0.39, 0.29) is 17.7 Å². The lowest BCUT2D eigenvalue weighted by Gasteiger charge is -2.35. The van der Waals surface area contributed by atoms with Crippen molar-refractivity contribution in [2.24, 2.45) is 5.92 Å². The third kappa shape index (κ3) is 3.54.